The van der Waals surface area contributed by atoms with Gasteiger partial charge in [0.15, 0.2) is 0 Å². The van der Waals surface area contributed by atoms with Crippen molar-refractivity contribution in [3.8, 4) is 0 Å². The van der Waals surface area contributed by atoms with Gasteiger partial charge in [-0.15, -0.1) is 0 Å². The van der Waals surface area contributed by atoms with Crippen molar-refractivity contribution in [3.05, 3.63) is 24.5 Å². The third kappa shape index (κ3) is 19.4. The van der Waals surface area contributed by atoms with Gasteiger partial charge >= 0.3 is 0 Å². The topological polar surface area (TPSA) is 45.1 Å². The summed E-state index contributed by atoms with van der Waals surface area (Å²) in [6.45, 7) is 15.7. The fourth-order valence-corrected chi connectivity index (χ4v) is 3.72. The van der Waals surface area contributed by atoms with Gasteiger partial charge in [0.2, 0.25) is 0 Å². The highest BCUT2D eigenvalue weighted by molar-refractivity contribution is 4.88. The van der Waals surface area contributed by atoms with Gasteiger partial charge < -0.3 is 34.1 Å². The molecule has 0 spiro atoms. The van der Waals surface area contributed by atoms with Crippen LogP contribution in [-0.4, -0.2) is 119 Å². The van der Waals surface area contributed by atoms with Crippen LogP contribution in [0.2, 0.25) is 0 Å². The van der Waals surface area contributed by atoms with Crippen molar-refractivity contribution < 1.29 is 9.47 Å². The maximum absolute atomic E-state index is 5.14. The van der Waals surface area contributed by atoms with E-state index in [9.17, 15) is 0 Å². The van der Waals surface area contributed by atoms with E-state index in [-0.39, 0.29) is 0 Å². The van der Waals surface area contributed by atoms with E-state index >= 15 is 0 Å². The number of rotatable bonds is 0. The van der Waals surface area contributed by atoms with Gasteiger partial charge in [-0.1, -0.05) is 13.3 Å². The maximum Gasteiger partial charge on any atom is 0.0594 e. The highest BCUT2D eigenvalue weighted by Gasteiger charge is 2.06. The molecule has 0 atom stereocenters. The molecule has 200 valence electrons. The molecule has 4 aliphatic rings. The Balaban J connectivity index is 0.000000213. The number of likely N-dealkylation sites (tertiary alicyclic amines) is 1. The molecule has 1 N–H and O–H groups in total. The van der Waals surface area contributed by atoms with Gasteiger partial charge in [-0.25, -0.2) is 0 Å². The Morgan fingerprint density at radius 3 is 1.35 bits per heavy atom. The smallest absolute Gasteiger partial charge is 0.0594 e. The van der Waals surface area contributed by atoms with E-state index in [0.29, 0.717) is 0 Å². The maximum atomic E-state index is 5.14. The van der Waals surface area contributed by atoms with Crippen molar-refractivity contribution in [2.75, 3.05) is 99.9 Å². The van der Waals surface area contributed by atoms with Crippen LogP contribution in [0.3, 0.4) is 0 Å². The predicted molar refractivity (Wildman–Crippen MR) is 145 cm³/mol. The number of hydrogen-bond donors (Lipinski definition) is 1. The molecule has 1 aromatic rings. The molecule has 7 nitrogen and oxygen atoms in total. The summed E-state index contributed by atoms with van der Waals surface area (Å²) >= 11 is 0. The number of ether oxygens (including phenoxy) is 2. The fraction of sp³-hybridized carbons (Fsp3) is 0.852. The lowest BCUT2D eigenvalue weighted by Gasteiger charge is -2.21. The van der Waals surface area contributed by atoms with Gasteiger partial charge in [0, 0.05) is 71.9 Å². The van der Waals surface area contributed by atoms with E-state index in [1.54, 1.807) is 0 Å². The second kappa shape index (κ2) is 21.3. The number of aryl methyl sites for hydroxylation is 1. The highest BCUT2D eigenvalue weighted by Crippen LogP contribution is 2.11. The number of hydrogen-bond acceptors (Lipinski definition) is 6. The zero-order valence-corrected chi connectivity index (χ0v) is 23.0. The third-order valence-corrected chi connectivity index (χ3v) is 6.42. The summed E-state index contributed by atoms with van der Waals surface area (Å²) in [6.07, 6.45) is 10.8. The summed E-state index contributed by atoms with van der Waals surface area (Å²) in [4.78, 5) is 6.99. The van der Waals surface area contributed by atoms with Crippen LogP contribution in [0, 0.1) is 5.92 Å². The predicted octanol–water partition coefficient (Wildman–Crippen LogP) is 3.03. The lowest BCUT2D eigenvalue weighted by molar-refractivity contribution is 0.0503. The monoisotopic (exact) mass is 481 g/mol. The lowest BCUT2D eigenvalue weighted by atomic mass is 10.0. The van der Waals surface area contributed by atoms with Crippen LogP contribution in [0.1, 0.15) is 39.0 Å². The zero-order chi connectivity index (χ0) is 24.9. The SMILES string of the molecule is CC1CCOCC1.CN1CCCCC1.CN1CCNCC1.CN1CCOCC1.Cn1cccc1. The summed E-state index contributed by atoms with van der Waals surface area (Å²) in [6, 6.07) is 4.00. The molecule has 0 aromatic carbocycles. The van der Waals surface area contributed by atoms with Crippen LogP contribution >= 0.6 is 0 Å². The standard InChI is InChI=1S/C6H13N.C6H12O.C5H12N2.C5H11NO.C5H7N/c1-7-5-3-2-4-6-7;1-6-2-4-7-5-3-6;1-7-4-2-6-3-5-7;1-6-2-4-7-5-3-6;1-6-4-2-3-5-6/h2-6H2,1H3;2*6H,2-5H2,1H3;2-5H2,1H3;2-5H,1H3. The average molecular weight is 482 g/mol. The van der Waals surface area contributed by atoms with Crippen LogP contribution < -0.4 is 5.32 Å². The van der Waals surface area contributed by atoms with E-state index < -0.39 is 0 Å². The first kappa shape index (κ1) is 31.1. The molecule has 5 heterocycles. The Morgan fingerprint density at radius 1 is 0.618 bits per heavy atom. The van der Waals surface area contributed by atoms with Gasteiger partial charge in [0.25, 0.3) is 0 Å². The molecular weight excluding hydrogens is 426 g/mol. The van der Waals surface area contributed by atoms with Crippen molar-refractivity contribution in [1.82, 2.24) is 24.6 Å². The van der Waals surface area contributed by atoms with Gasteiger partial charge in [0.1, 0.15) is 0 Å². The Bertz CT molecular complexity index is 455. The van der Waals surface area contributed by atoms with Gasteiger partial charge in [-0.05, 0) is 78.0 Å². The molecule has 4 aliphatic heterocycles. The molecule has 4 fully saturated rings. The van der Waals surface area contributed by atoms with Crippen LogP contribution in [-0.2, 0) is 16.5 Å². The second-order valence-corrected chi connectivity index (χ2v) is 9.98. The summed E-state index contributed by atoms with van der Waals surface area (Å²) < 4.78 is 12.2. The lowest BCUT2D eigenvalue weighted by Crippen LogP contribution is -2.40. The van der Waals surface area contributed by atoms with Crippen LogP contribution in [0.25, 0.3) is 0 Å². The number of piperidine rings is 1. The normalized spacial score (nSPS) is 22.4. The number of piperazine rings is 1. The first-order valence-electron chi connectivity index (χ1n) is 13.5. The van der Waals surface area contributed by atoms with E-state index in [1.807, 2.05) is 36.1 Å². The third-order valence-electron chi connectivity index (χ3n) is 6.42. The van der Waals surface area contributed by atoms with Crippen LogP contribution in [0.4, 0.5) is 0 Å². The summed E-state index contributed by atoms with van der Waals surface area (Å²) in [5, 5.41) is 3.27. The largest absolute Gasteiger partial charge is 0.381 e. The first-order chi connectivity index (χ1) is 16.5. The number of nitrogens with zero attached hydrogens (tertiary/aromatic N) is 4. The molecule has 0 aliphatic carbocycles. The molecule has 34 heavy (non-hydrogen) atoms. The van der Waals surface area contributed by atoms with Crippen LogP contribution in [0.5, 0.6) is 0 Å². The van der Waals surface area contributed by atoms with Gasteiger partial charge in [-0.2, -0.15) is 0 Å². The summed E-state index contributed by atoms with van der Waals surface area (Å²) in [5.41, 5.74) is 0. The van der Waals surface area contributed by atoms with Crippen LogP contribution in [0.15, 0.2) is 24.5 Å². The van der Waals surface area contributed by atoms with Crippen molar-refractivity contribution in [2.24, 2.45) is 13.0 Å². The molecule has 4 saturated heterocycles. The fourth-order valence-electron chi connectivity index (χ4n) is 3.72. The van der Waals surface area contributed by atoms with E-state index in [4.69, 9.17) is 9.47 Å². The molecule has 1 aromatic heterocycles. The number of morpholine rings is 1. The number of aromatic nitrogens is 1. The second-order valence-electron chi connectivity index (χ2n) is 9.98. The van der Waals surface area contributed by atoms with Crippen molar-refractivity contribution in [3.63, 3.8) is 0 Å². The minimum Gasteiger partial charge on any atom is -0.381 e. The minimum absolute atomic E-state index is 0.911. The zero-order valence-electron chi connectivity index (χ0n) is 23.0. The van der Waals surface area contributed by atoms with Gasteiger partial charge in [-0.3, -0.25) is 0 Å². The Labute approximate surface area is 210 Å². The van der Waals surface area contributed by atoms with Crippen molar-refractivity contribution in [2.45, 2.75) is 39.0 Å². The number of nitrogens with one attached hydrogen (secondary N) is 1. The quantitative estimate of drug-likeness (QED) is 0.615. The molecule has 0 saturated carbocycles. The Hall–Kier alpha value is -0.960. The number of likely N-dealkylation sites (N-methyl/N-ethyl adjacent to an activating group) is 2. The molecule has 0 radical (unpaired) electrons. The molecular formula is C27H55N5O2. The first-order valence-corrected chi connectivity index (χ1v) is 13.5. The van der Waals surface area contributed by atoms with E-state index in [2.05, 4.69) is 48.1 Å². The summed E-state index contributed by atoms with van der Waals surface area (Å²) in [5.74, 6) is 0.911. The average Bonchev–Trinajstić information content (AvgIpc) is 3.34. The van der Waals surface area contributed by atoms with E-state index in [1.165, 1.54) is 58.3 Å². The molecule has 7 heteroatoms. The summed E-state index contributed by atoms with van der Waals surface area (Å²) in [7, 11) is 8.46. The molecule has 0 bridgehead atoms. The minimum atomic E-state index is 0.911. The van der Waals surface area contributed by atoms with Crippen molar-refractivity contribution >= 4 is 0 Å². The Morgan fingerprint density at radius 2 is 1.09 bits per heavy atom. The highest BCUT2D eigenvalue weighted by atomic mass is 16.5. The Kier molecular flexibility index (Phi) is 19.5. The van der Waals surface area contributed by atoms with Crippen molar-refractivity contribution in [1.29, 1.82) is 0 Å². The van der Waals surface area contributed by atoms with Gasteiger partial charge in [0.05, 0.1) is 13.2 Å². The van der Waals surface area contributed by atoms with E-state index in [0.717, 1.165) is 58.5 Å². The molecule has 0 amide bonds. The molecule has 5 rings (SSSR count). The molecule has 0 unspecified atom stereocenters.